The molecule has 9 aliphatic rings. The number of aliphatic hydroxyl groups excluding tert-OH is 3. The third-order valence-corrected chi connectivity index (χ3v) is 18.2. The number of aliphatic imine (C=N–C) groups is 1. The molecule has 326 valence electrons. The molecule has 0 unspecified atom stereocenters. The number of alkyl halides is 1. The highest BCUT2D eigenvalue weighted by atomic mass is 35.5. The molecular weight excluding hydrogens is 790 g/mol. The number of rotatable bonds is 5. The van der Waals surface area contributed by atoms with Crippen molar-refractivity contribution >= 4 is 46.6 Å². The van der Waals surface area contributed by atoms with Crippen molar-refractivity contribution in [3.8, 4) is 0 Å². The molecular formula is C47H60ClNO11. The zero-order chi connectivity index (χ0) is 43.7. The molecule has 0 aromatic rings. The van der Waals surface area contributed by atoms with Gasteiger partial charge in [0.2, 0.25) is 5.78 Å². The lowest BCUT2D eigenvalue weighted by Crippen LogP contribution is -2.64. The number of ketones is 4. The Morgan fingerprint density at radius 1 is 0.900 bits per heavy atom. The van der Waals surface area contributed by atoms with E-state index in [1.807, 2.05) is 26.0 Å². The van der Waals surface area contributed by atoms with Gasteiger partial charge in [-0.25, -0.2) is 4.99 Å². The smallest absolute Gasteiger partial charge is 0.303 e. The highest BCUT2D eigenvalue weighted by Gasteiger charge is 2.75. The Morgan fingerprint density at radius 2 is 1.50 bits per heavy atom. The van der Waals surface area contributed by atoms with Crippen molar-refractivity contribution < 1.29 is 53.9 Å². The summed E-state index contributed by atoms with van der Waals surface area (Å²) >= 11 is 6.86. The van der Waals surface area contributed by atoms with Gasteiger partial charge in [0.05, 0.1) is 12.2 Å². The Morgan fingerprint density at radius 3 is 2.13 bits per heavy atom. The molecule has 6 fully saturated rings. The maximum atomic E-state index is 13.5. The molecule has 0 bridgehead atoms. The first-order valence-corrected chi connectivity index (χ1v) is 22.1. The Balaban J connectivity index is 0.000000168. The Labute approximate surface area is 356 Å². The number of allylic oxidation sites excluding steroid dienone is 8. The molecule has 6 saturated carbocycles. The first kappa shape index (κ1) is 43.4. The van der Waals surface area contributed by atoms with Crippen molar-refractivity contribution in [3.05, 3.63) is 47.6 Å². The van der Waals surface area contributed by atoms with Crippen LogP contribution in [0.25, 0.3) is 0 Å². The molecule has 13 heteroatoms. The fourth-order valence-corrected chi connectivity index (χ4v) is 15.8. The van der Waals surface area contributed by atoms with Crippen molar-refractivity contribution in [3.63, 3.8) is 0 Å². The van der Waals surface area contributed by atoms with Crippen molar-refractivity contribution in [1.82, 2.24) is 0 Å². The van der Waals surface area contributed by atoms with E-state index in [2.05, 4.69) is 20.8 Å². The van der Waals surface area contributed by atoms with Crippen LogP contribution in [0.3, 0.4) is 0 Å². The van der Waals surface area contributed by atoms with E-state index in [0.717, 1.165) is 24.0 Å². The topological polar surface area (TPSA) is 197 Å². The molecule has 60 heavy (non-hydrogen) atoms. The van der Waals surface area contributed by atoms with E-state index in [-0.39, 0.29) is 82.6 Å². The predicted octanol–water partition coefficient (Wildman–Crippen LogP) is 4.58. The number of aliphatic hydroxyl groups is 4. The molecule has 0 amide bonds. The Bertz CT molecular complexity index is 2070. The number of halogens is 1. The zero-order valence-electron chi connectivity index (χ0n) is 35.7. The monoisotopic (exact) mass is 849 g/mol. The number of carbonyl (C=O) groups is 5. The lowest BCUT2D eigenvalue weighted by Gasteiger charge is -2.60. The van der Waals surface area contributed by atoms with Crippen molar-refractivity contribution in [1.29, 1.82) is 0 Å². The van der Waals surface area contributed by atoms with Crippen LogP contribution < -0.4 is 0 Å². The van der Waals surface area contributed by atoms with E-state index in [1.165, 1.54) is 6.92 Å². The number of esters is 1. The highest BCUT2D eigenvalue weighted by molar-refractivity contribution is 6.21. The second-order valence-electron chi connectivity index (χ2n) is 20.4. The number of hydrogen-bond acceptors (Lipinski definition) is 12. The van der Waals surface area contributed by atoms with E-state index >= 15 is 0 Å². The average Bonchev–Trinajstić information content (AvgIpc) is 3.72. The quantitative estimate of drug-likeness (QED) is 0.223. The summed E-state index contributed by atoms with van der Waals surface area (Å²) in [7, 11) is 0. The minimum atomic E-state index is -1.68. The number of carbonyl (C=O) groups excluding carboxylic acids is 5. The molecule has 4 N–H and O–H groups in total. The number of fused-ring (bicyclic) bond motifs is 12. The second-order valence-corrected chi connectivity index (χ2v) is 21.0. The van der Waals surface area contributed by atoms with E-state index < -0.39 is 64.1 Å². The fourth-order valence-electron chi connectivity index (χ4n) is 15.3. The third kappa shape index (κ3) is 5.75. The van der Waals surface area contributed by atoms with Gasteiger partial charge in [-0.2, -0.15) is 0 Å². The first-order valence-electron chi connectivity index (χ1n) is 21.7. The summed E-state index contributed by atoms with van der Waals surface area (Å²) in [5, 5.41) is 43.5. The third-order valence-electron chi connectivity index (χ3n) is 17.8. The van der Waals surface area contributed by atoms with Gasteiger partial charge >= 0.3 is 5.97 Å². The maximum absolute atomic E-state index is 13.5. The summed E-state index contributed by atoms with van der Waals surface area (Å²) in [5.41, 5.74) is -3.08. The van der Waals surface area contributed by atoms with Gasteiger partial charge < -0.3 is 29.9 Å². The van der Waals surface area contributed by atoms with Gasteiger partial charge in [0.1, 0.15) is 18.3 Å². The molecule has 0 aromatic carbocycles. The van der Waals surface area contributed by atoms with Crippen molar-refractivity contribution in [2.45, 2.75) is 128 Å². The normalized spacial score (nSPS) is 49.1. The van der Waals surface area contributed by atoms with Crippen LogP contribution in [0.5, 0.6) is 0 Å². The van der Waals surface area contributed by atoms with Crippen molar-refractivity contribution in [2.75, 3.05) is 13.2 Å². The van der Waals surface area contributed by atoms with E-state index in [0.29, 0.717) is 31.6 Å². The molecule has 0 aromatic heterocycles. The largest absolute Gasteiger partial charge is 0.475 e. The summed E-state index contributed by atoms with van der Waals surface area (Å²) < 4.78 is 11.2. The van der Waals surface area contributed by atoms with Crippen LogP contribution in [0, 0.1) is 63.1 Å². The fraction of sp³-hybridized carbons (Fsp3) is 0.702. The van der Waals surface area contributed by atoms with Crippen LogP contribution in [-0.2, 0) is 33.4 Å². The molecule has 8 aliphatic carbocycles. The highest BCUT2D eigenvalue weighted by Crippen LogP contribution is 2.71. The van der Waals surface area contributed by atoms with Crippen LogP contribution >= 0.6 is 11.6 Å². The zero-order valence-corrected chi connectivity index (χ0v) is 36.4. The lowest BCUT2D eigenvalue weighted by atomic mass is 9.46. The first-order chi connectivity index (χ1) is 28.0. The van der Waals surface area contributed by atoms with Gasteiger partial charge in [0, 0.05) is 52.7 Å². The number of ether oxygens (including phenoxy) is 2. The number of Topliss-reactive ketones (excluding diaryl/α,β-unsaturated/α-hetero) is 2. The summed E-state index contributed by atoms with van der Waals surface area (Å²) in [5.74, 6) is -1.31. The standard InChI is InChI=1S/C25H31NO6.C22H29ClO5/c1-13-26-25(20(30)12-31-14(2)27)21(32-13)10-18-17-6-5-15-9-16(28)7-8-23(15,3)22(17)19(29)11-24(18,25)4;1-11-6-14-18-15(23)8-12-7-13(25)4-5-20(12,2)19(18)16(26)9-21(14,3)22(11,28)17(27)10-24/h7-9,17-19,21-22,29H,5-6,10-12H2,1-4H3;4-5,7,11,14-16,18-19,24,26,28H,6,8-10H2,1-3H3/t17-,18-,19-,21+,22+,23-,24-,25+;11-,14+,15-,16+,18-,19+,20+,21+,22+/m01/s1. The minimum absolute atomic E-state index is 0.00898. The number of nitrogens with zero attached hydrogens (tertiary/aromatic N) is 1. The van der Waals surface area contributed by atoms with Crippen LogP contribution in [0.2, 0.25) is 0 Å². The van der Waals surface area contributed by atoms with Gasteiger partial charge in [0.25, 0.3) is 0 Å². The van der Waals surface area contributed by atoms with Crippen LogP contribution in [-0.4, -0.2) is 103 Å². The van der Waals surface area contributed by atoms with Gasteiger partial charge in [0.15, 0.2) is 35.4 Å². The summed E-state index contributed by atoms with van der Waals surface area (Å²) in [6.45, 7) is 11.9. The van der Waals surface area contributed by atoms with Crippen molar-refractivity contribution in [2.24, 2.45) is 68.1 Å². The van der Waals surface area contributed by atoms with Crippen LogP contribution in [0.15, 0.2) is 52.6 Å². The minimum Gasteiger partial charge on any atom is -0.475 e. The maximum Gasteiger partial charge on any atom is 0.303 e. The Hall–Kier alpha value is -3.29. The van der Waals surface area contributed by atoms with Gasteiger partial charge in [-0.3, -0.25) is 24.0 Å². The lowest BCUT2D eigenvalue weighted by molar-refractivity contribution is -0.183. The molecule has 0 radical (unpaired) electrons. The van der Waals surface area contributed by atoms with Gasteiger partial charge in [-0.15, -0.1) is 11.6 Å². The van der Waals surface area contributed by atoms with E-state index in [4.69, 9.17) is 26.1 Å². The summed E-state index contributed by atoms with van der Waals surface area (Å²) in [4.78, 5) is 66.2. The van der Waals surface area contributed by atoms with Crippen LogP contribution in [0.1, 0.15) is 93.4 Å². The average molecular weight is 850 g/mol. The SMILES string of the molecule is CC(=O)OCC(=O)[C@@]12N=C(C)O[C@@H]1C[C@H]1[C@@H]3CCC4=CC(=O)C=C[C@]4(C)[C@H]3[C@@H](O)C[C@@]12C.C[C@@H]1C[C@H]2[C@H]3[C@H]([C@@H](O)C[C@]2(C)[C@@]1(O)C(=O)CO)[C@@]1(C)C=CC(=O)C=C1C[C@H]3Cl. The van der Waals surface area contributed by atoms with E-state index in [1.54, 1.807) is 31.2 Å². The van der Waals surface area contributed by atoms with E-state index in [9.17, 15) is 44.4 Å². The molecule has 17 atom stereocenters. The van der Waals surface area contributed by atoms with Gasteiger partial charge in [-0.05, 0) is 98.8 Å². The molecule has 0 saturated heterocycles. The second kappa shape index (κ2) is 14.4. The summed E-state index contributed by atoms with van der Waals surface area (Å²) in [6, 6.07) is 0. The molecule has 0 spiro atoms. The van der Waals surface area contributed by atoms with Gasteiger partial charge in [-0.1, -0.05) is 57.9 Å². The molecule has 9 rings (SSSR count). The van der Waals surface area contributed by atoms with Crippen LogP contribution in [0.4, 0.5) is 0 Å². The molecule has 1 heterocycles. The molecule has 12 nitrogen and oxygen atoms in total. The Kier molecular flexibility index (Phi) is 10.4. The molecule has 1 aliphatic heterocycles. The summed E-state index contributed by atoms with van der Waals surface area (Å²) in [6.07, 6.45) is 12.8. The predicted molar refractivity (Wildman–Crippen MR) is 220 cm³/mol. The number of hydrogen-bond donors (Lipinski definition) is 4.